The van der Waals surface area contributed by atoms with Crippen molar-refractivity contribution in [2.45, 2.75) is 25.4 Å². The lowest BCUT2D eigenvalue weighted by atomic mass is 9.73. The van der Waals surface area contributed by atoms with Crippen molar-refractivity contribution in [2.75, 3.05) is 26.3 Å². The third-order valence-corrected chi connectivity index (χ3v) is 5.25. The minimum absolute atomic E-state index is 0.0128. The van der Waals surface area contributed by atoms with Crippen LogP contribution in [-0.4, -0.2) is 58.4 Å². The predicted molar refractivity (Wildman–Crippen MR) is 93.7 cm³/mol. The van der Waals surface area contributed by atoms with Gasteiger partial charge in [0.15, 0.2) is 0 Å². The van der Waals surface area contributed by atoms with E-state index in [1.165, 1.54) is 6.20 Å². The third-order valence-electron chi connectivity index (χ3n) is 5.25. The first-order valence-corrected chi connectivity index (χ1v) is 8.98. The summed E-state index contributed by atoms with van der Waals surface area (Å²) in [5, 5.41) is 7.57. The van der Waals surface area contributed by atoms with Gasteiger partial charge in [0.2, 0.25) is 5.88 Å². The number of piperidine rings is 1. The number of rotatable bonds is 4. The average Bonchev–Trinajstić information content (AvgIpc) is 2.73. The van der Waals surface area contributed by atoms with E-state index in [0.717, 1.165) is 25.9 Å². The molecular weight excluding hydrogens is 332 g/mol. The molecule has 0 spiro atoms. The molecule has 0 saturated carbocycles. The maximum absolute atomic E-state index is 12.9. The normalized spacial score (nSPS) is 25.4. The van der Waals surface area contributed by atoms with Crippen molar-refractivity contribution in [3.63, 3.8) is 0 Å². The third kappa shape index (κ3) is 3.39. The molecular formula is C19H22N4O3. The Labute approximate surface area is 152 Å². The van der Waals surface area contributed by atoms with Crippen LogP contribution in [0.1, 0.15) is 29.6 Å². The molecule has 0 aromatic carbocycles. The highest BCUT2D eigenvalue weighted by Gasteiger charge is 2.47. The van der Waals surface area contributed by atoms with E-state index in [-0.39, 0.29) is 17.4 Å². The SMILES string of the molecule is O=C(c1ccnnc1)N1CC[C@H]2OCCC[C@@]2(COc2ccccn2)C1. The van der Waals surface area contributed by atoms with Crippen molar-refractivity contribution in [3.8, 4) is 5.88 Å². The van der Waals surface area contributed by atoms with Crippen molar-refractivity contribution in [3.05, 3.63) is 48.4 Å². The van der Waals surface area contributed by atoms with Crippen LogP contribution in [0.3, 0.4) is 0 Å². The Morgan fingerprint density at radius 2 is 2.27 bits per heavy atom. The van der Waals surface area contributed by atoms with Crippen molar-refractivity contribution < 1.29 is 14.3 Å². The van der Waals surface area contributed by atoms with Crippen molar-refractivity contribution in [1.29, 1.82) is 0 Å². The molecule has 7 heteroatoms. The minimum Gasteiger partial charge on any atom is -0.477 e. The zero-order valence-electron chi connectivity index (χ0n) is 14.6. The Bertz CT molecular complexity index is 743. The van der Waals surface area contributed by atoms with Gasteiger partial charge in [-0.3, -0.25) is 4.79 Å². The van der Waals surface area contributed by atoms with E-state index in [9.17, 15) is 4.79 Å². The molecule has 0 unspecified atom stereocenters. The lowest BCUT2D eigenvalue weighted by molar-refractivity contribution is -0.133. The van der Waals surface area contributed by atoms with Gasteiger partial charge in [-0.2, -0.15) is 10.2 Å². The highest BCUT2D eigenvalue weighted by Crippen LogP contribution is 2.40. The lowest BCUT2D eigenvalue weighted by Crippen LogP contribution is -2.58. The van der Waals surface area contributed by atoms with Crippen LogP contribution in [0.5, 0.6) is 5.88 Å². The summed E-state index contributed by atoms with van der Waals surface area (Å²) < 4.78 is 12.0. The van der Waals surface area contributed by atoms with E-state index in [1.54, 1.807) is 18.5 Å². The molecule has 7 nitrogen and oxygen atoms in total. The molecule has 2 aliphatic rings. The maximum atomic E-state index is 12.9. The van der Waals surface area contributed by atoms with Crippen LogP contribution in [0, 0.1) is 5.41 Å². The summed E-state index contributed by atoms with van der Waals surface area (Å²) in [7, 11) is 0. The molecule has 136 valence electrons. The number of aromatic nitrogens is 3. The summed E-state index contributed by atoms with van der Waals surface area (Å²) in [4.78, 5) is 19.0. The Morgan fingerprint density at radius 1 is 1.31 bits per heavy atom. The predicted octanol–water partition coefficient (Wildman–Crippen LogP) is 1.96. The van der Waals surface area contributed by atoms with Crippen LogP contribution in [-0.2, 0) is 4.74 Å². The van der Waals surface area contributed by atoms with Gasteiger partial charge in [0.25, 0.3) is 5.91 Å². The quantitative estimate of drug-likeness (QED) is 0.835. The largest absolute Gasteiger partial charge is 0.477 e. The van der Waals surface area contributed by atoms with Crippen LogP contribution < -0.4 is 4.74 Å². The molecule has 2 aromatic heterocycles. The summed E-state index contributed by atoms with van der Waals surface area (Å²) in [5.41, 5.74) is 0.361. The van der Waals surface area contributed by atoms with Crippen molar-refractivity contribution >= 4 is 5.91 Å². The van der Waals surface area contributed by atoms with Crippen molar-refractivity contribution in [2.24, 2.45) is 5.41 Å². The van der Waals surface area contributed by atoms with E-state index in [4.69, 9.17) is 9.47 Å². The maximum Gasteiger partial charge on any atom is 0.255 e. The number of pyridine rings is 1. The van der Waals surface area contributed by atoms with Gasteiger partial charge in [-0.05, 0) is 31.4 Å². The van der Waals surface area contributed by atoms with Crippen molar-refractivity contribution in [1.82, 2.24) is 20.1 Å². The van der Waals surface area contributed by atoms with E-state index in [2.05, 4.69) is 15.2 Å². The van der Waals surface area contributed by atoms with E-state index in [1.807, 2.05) is 23.1 Å². The van der Waals surface area contributed by atoms with Crippen LogP contribution in [0.4, 0.5) is 0 Å². The summed E-state index contributed by atoms with van der Waals surface area (Å²) in [6, 6.07) is 7.32. The number of carbonyl (C=O) groups is 1. The molecule has 2 aliphatic heterocycles. The Kier molecular flexibility index (Phi) is 4.79. The average molecular weight is 354 g/mol. The molecule has 2 fully saturated rings. The fourth-order valence-electron chi connectivity index (χ4n) is 3.92. The zero-order valence-corrected chi connectivity index (χ0v) is 14.6. The molecule has 4 heterocycles. The lowest BCUT2D eigenvalue weighted by Gasteiger charge is -2.50. The minimum atomic E-state index is -0.204. The highest BCUT2D eigenvalue weighted by molar-refractivity contribution is 5.93. The molecule has 2 atom stereocenters. The number of nitrogens with zero attached hydrogens (tertiary/aromatic N) is 4. The molecule has 0 bridgehead atoms. The second kappa shape index (κ2) is 7.37. The Balaban J connectivity index is 1.52. The molecule has 0 aliphatic carbocycles. The van der Waals surface area contributed by atoms with Gasteiger partial charge in [0, 0.05) is 37.4 Å². The number of carbonyl (C=O) groups excluding carboxylic acids is 1. The molecule has 2 saturated heterocycles. The summed E-state index contributed by atoms with van der Waals surface area (Å²) in [6.45, 7) is 2.56. The van der Waals surface area contributed by atoms with Gasteiger partial charge in [-0.25, -0.2) is 4.98 Å². The van der Waals surface area contributed by atoms with Crippen LogP contribution in [0.25, 0.3) is 0 Å². The fourth-order valence-corrected chi connectivity index (χ4v) is 3.92. The Morgan fingerprint density at radius 3 is 3.08 bits per heavy atom. The highest BCUT2D eigenvalue weighted by atomic mass is 16.5. The van der Waals surface area contributed by atoms with Gasteiger partial charge in [-0.1, -0.05) is 6.07 Å². The molecule has 26 heavy (non-hydrogen) atoms. The van der Waals surface area contributed by atoms with Gasteiger partial charge in [0.05, 0.1) is 30.7 Å². The number of fused-ring (bicyclic) bond motifs is 1. The van der Waals surface area contributed by atoms with E-state index >= 15 is 0 Å². The second-order valence-electron chi connectivity index (χ2n) is 6.93. The standard InChI is InChI=1S/C19H22N4O3/c24-18(15-5-9-21-22-12-15)23-10-6-16-19(13-23,7-3-11-25-16)14-26-17-4-1-2-8-20-17/h1-2,4-5,8-9,12,16H,3,6-7,10-11,13-14H2/t16-,19+/m1/s1. The molecule has 0 N–H and O–H groups in total. The van der Waals surface area contributed by atoms with Gasteiger partial charge < -0.3 is 14.4 Å². The van der Waals surface area contributed by atoms with Crippen LogP contribution in [0.2, 0.25) is 0 Å². The van der Waals surface area contributed by atoms with E-state index in [0.29, 0.717) is 31.1 Å². The summed E-state index contributed by atoms with van der Waals surface area (Å²) in [5.74, 6) is 0.592. The summed E-state index contributed by atoms with van der Waals surface area (Å²) in [6.07, 6.45) is 7.65. The molecule has 2 aromatic rings. The zero-order chi connectivity index (χ0) is 17.8. The van der Waals surface area contributed by atoms with E-state index < -0.39 is 0 Å². The molecule has 1 amide bonds. The molecule has 4 rings (SSSR count). The topological polar surface area (TPSA) is 77.4 Å². The first-order chi connectivity index (χ1) is 12.8. The van der Waals surface area contributed by atoms with Gasteiger partial charge in [-0.15, -0.1) is 0 Å². The number of likely N-dealkylation sites (tertiary alicyclic amines) is 1. The first kappa shape index (κ1) is 16.9. The monoisotopic (exact) mass is 354 g/mol. The first-order valence-electron chi connectivity index (χ1n) is 8.98. The number of amides is 1. The molecule has 0 radical (unpaired) electrons. The van der Waals surface area contributed by atoms with Crippen LogP contribution >= 0.6 is 0 Å². The number of hydrogen-bond donors (Lipinski definition) is 0. The Hall–Kier alpha value is -2.54. The smallest absolute Gasteiger partial charge is 0.255 e. The van der Waals surface area contributed by atoms with Crippen LogP contribution in [0.15, 0.2) is 42.9 Å². The van der Waals surface area contributed by atoms with Gasteiger partial charge >= 0.3 is 0 Å². The van der Waals surface area contributed by atoms with Gasteiger partial charge in [0.1, 0.15) is 0 Å². The second-order valence-corrected chi connectivity index (χ2v) is 6.93. The summed E-state index contributed by atoms with van der Waals surface area (Å²) >= 11 is 0. The number of ether oxygens (including phenoxy) is 2. The number of hydrogen-bond acceptors (Lipinski definition) is 6. The fraction of sp³-hybridized carbons (Fsp3) is 0.474.